The predicted molar refractivity (Wildman–Crippen MR) is 169 cm³/mol. The Balaban J connectivity index is 1.18. The largest absolute Gasteiger partial charge is 0.493 e. The minimum absolute atomic E-state index is 0.144. The van der Waals surface area contributed by atoms with Gasteiger partial charge in [-0.3, -0.25) is 4.98 Å². The smallest absolute Gasteiger partial charge is 0.389 e. The fraction of sp³-hybridized carbons (Fsp3) is 0.500. The topological polar surface area (TPSA) is 71.5 Å². The molecule has 2 aromatic carbocycles. The lowest BCUT2D eigenvalue weighted by Crippen LogP contribution is -2.53. The number of hydrogen-bond acceptors (Lipinski definition) is 4. The molecule has 0 saturated heterocycles. The summed E-state index contributed by atoms with van der Waals surface area (Å²) in [6.45, 7) is 2.54. The van der Waals surface area contributed by atoms with Crippen LogP contribution in [0.1, 0.15) is 86.6 Å². The van der Waals surface area contributed by atoms with Crippen LogP contribution in [0.4, 0.5) is 18.9 Å². The van der Waals surface area contributed by atoms with E-state index in [-0.39, 0.29) is 11.3 Å². The molecule has 2 N–H and O–H groups in total. The molecule has 3 aliphatic rings. The molecule has 1 heterocycles. The van der Waals surface area contributed by atoms with Crippen LogP contribution in [0.3, 0.4) is 0 Å². The number of fused-ring (bicyclic) bond motifs is 3. The normalized spacial score (nSPS) is 26.6. The second-order valence-corrected chi connectivity index (χ2v) is 13.9. The van der Waals surface area contributed by atoms with Crippen LogP contribution in [-0.4, -0.2) is 34.4 Å². The molecule has 3 aliphatic carbocycles. The summed E-state index contributed by atoms with van der Waals surface area (Å²) in [6, 6.07) is 17.4. The summed E-state index contributed by atoms with van der Waals surface area (Å²) in [7, 11) is 0. The molecule has 6 rings (SSSR count). The first-order valence-electron chi connectivity index (χ1n) is 16.0. The van der Waals surface area contributed by atoms with E-state index in [0.29, 0.717) is 66.7 Å². The number of carbonyl (C=O) groups is 1. The molecule has 1 fully saturated rings. The number of alkyl halides is 3. The first kappa shape index (κ1) is 31.7. The van der Waals surface area contributed by atoms with Gasteiger partial charge in [-0.15, -0.1) is 0 Å². The Labute approximate surface area is 267 Å². The molecule has 0 amide bonds. The summed E-state index contributed by atoms with van der Waals surface area (Å²) in [5.41, 5.74) is 3.46. The van der Waals surface area contributed by atoms with Crippen LogP contribution in [0.2, 0.25) is 5.02 Å². The summed E-state index contributed by atoms with van der Waals surface area (Å²) in [6.07, 6.45) is 2.61. The lowest BCUT2D eigenvalue weighted by atomic mass is 9.59. The highest BCUT2D eigenvalue weighted by Gasteiger charge is 2.54. The molecule has 3 aromatic rings. The first-order valence-corrected chi connectivity index (χ1v) is 16.4. The lowest BCUT2D eigenvalue weighted by molar-refractivity contribution is -0.144. The molecular weight excluding hydrogens is 601 g/mol. The molecule has 0 bridgehead atoms. The third kappa shape index (κ3) is 6.53. The number of benzene rings is 2. The predicted octanol–water partition coefficient (Wildman–Crippen LogP) is 9.13. The maximum absolute atomic E-state index is 13.4. The van der Waals surface area contributed by atoms with Crippen molar-refractivity contribution in [3.8, 4) is 5.75 Å². The number of carboxylic acid groups (broad SMARTS) is 1. The molecular formula is C36H40ClF3N2O3. The number of nitrogens with one attached hydrogen (secondary N) is 1. The molecule has 0 unspecified atom stereocenters. The van der Waals surface area contributed by atoms with Gasteiger partial charge in [0.25, 0.3) is 0 Å². The van der Waals surface area contributed by atoms with E-state index in [2.05, 4.69) is 41.5 Å². The van der Waals surface area contributed by atoms with Crippen LogP contribution >= 0.6 is 11.6 Å². The van der Waals surface area contributed by atoms with Gasteiger partial charge in [-0.1, -0.05) is 48.9 Å². The standard InChI is InChI=1S/C36H40ClF3N2O3/c1-23(22-45-31-12-17-41-30-11-4-7-25(32(30)31)21-36(38,39)40)18-26-19-24-6-2-3-10-29(24)34(26)13-15-35(16-14-34,33(43)44)42-28-9-5-8-27(37)20-28/h2-3,5-6,8-10,12,17,20,23,25-26,42H,4,7,11,13-16,18-19,21-22H2,1H3,(H,43,44)/t23-,25-,26+,34?,35?/m1/s1. The summed E-state index contributed by atoms with van der Waals surface area (Å²) < 4.78 is 46.5. The van der Waals surface area contributed by atoms with Crippen molar-refractivity contribution >= 4 is 23.3 Å². The third-order valence-corrected chi connectivity index (χ3v) is 10.7. The Morgan fingerprint density at radius 1 is 1.13 bits per heavy atom. The molecule has 3 atom stereocenters. The number of nitrogens with zero attached hydrogens (tertiary/aromatic N) is 1. The second-order valence-electron chi connectivity index (χ2n) is 13.5. The zero-order valence-corrected chi connectivity index (χ0v) is 26.3. The average molecular weight is 641 g/mol. The highest BCUT2D eigenvalue weighted by molar-refractivity contribution is 6.30. The van der Waals surface area contributed by atoms with Gasteiger partial charge in [-0.25, -0.2) is 4.79 Å². The van der Waals surface area contributed by atoms with Gasteiger partial charge in [0.15, 0.2) is 0 Å². The molecule has 240 valence electrons. The van der Waals surface area contributed by atoms with Crippen molar-refractivity contribution in [3.63, 3.8) is 0 Å². The molecule has 5 nitrogen and oxygen atoms in total. The van der Waals surface area contributed by atoms with Crippen LogP contribution in [0, 0.1) is 11.8 Å². The maximum atomic E-state index is 13.4. The first-order chi connectivity index (χ1) is 21.5. The molecule has 1 saturated carbocycles. The summed E-state index contributed by atoms with van der Waals surface area (Å²) in [5.74, 6) is -0.508. The van der Waals surface area contributed by atoms with Crippen molar-refractivity contribution in [2.24, 2.45) is 11.8 Å². The number of carboxylic acids is 1. The Hall–Kier alpha value is -3.26. The van der Waals surface area contributed by atoms with E-state index >= 15 is 0 Å². The summed E-state index contributed by atoms with van der Waals surface area (Å²) in [5, 5.41) is 14.3. The number of anilines is 1. The zero-order chi connectivity index (χ0) is 31.8. The fourth-order valence-corrected chi connectivity index (χ4v) is 8.59. The SMILES string of the molecule is C[C@@H](COc1ccnc2c1[C@@H](CC(F)(F)F)CCC2)C[C@H]1Cc2ccccc2C12CCC(Nc1cccc(Cl)c1)(C(=O)O)CC2. The van der Waals surface area contributed by atoms with Gasteiger partial charge in [-0.05, 0) is 116 Å². The van der Waals surface area contributed by atoms with Crippen LogP contribution in [-0.2, 0) is 23.1 Å². The molecule has 1 aromatic heterocycles. The zero-order valence-electron chi connectivity index (χ0n) is 25.5. The molecule has 1 spiro atoms. The van der Waals surface area contributed by atoms with Crippen LogP contribution in [0.25, 0.3) is 0 Å². The number of rotatable bonds is 9. The fourth-order valence-electron chi connectivity index (χ4n) is 8.40. The molecule has 0 aliphatic heterocycles. The van der Waals surface area contributed by atoms with Crippen LogP contribution in [0.15, 0.2) is 60.8 Å². The van der Waals surface area contributed by atoms with Gasteiger partial charge in [0.1, 0.15) is 11.3 Å². The summed E-state index contributed by atoms with van der Waals surface area (Å²) >= 11 is 6.20. The van der Waals surface area contributed by atoms with Crippen LogP contribution < -0.4 is 10.1 Å². The average Bonchev–Trinajstić information content (AvgIpc) is 3.28. The van der Waals surface area contributed by atoms with E-state index in [1.165, 1.54) is 11.1 Å². The van der Waals surface area contributed by atoms with Gasteiger partial charge in [0.05, 0.1) is 13.0 Å². The van der Waals surface area contributed by atoms with Crippen molar-refractivity contribution in [2.75, 3.05) is 11.9 Å². The Bertz CT molecular complexity index is 1540. The van der Waals surface area contributed by atoms with Crippen molar-refractivity contribution < 1.29 is 27.8 Å². The van der Waals surface area contributed by atoms with Crippen molar-refractivity contribution in [2.45, 2.75) is 94.2 Å². The maximum Gasteiger partial charge on any atom is 0.389 e. The van der Waals surface area contributed by atoms with Crippen LogP contribution in [0.5, 0.6) is 5.75 Å². The number of hydrogen-bond donors (Lipinski definition) is 2. The lowest BCUT2D eigenvalue weighted by Gasteiger charge is -2.47. The van der Waals surface area contributed by atoms with E-state index < -0.39 is 30.0 Å². The second kappa shape index (κ2) is 12.5. The van der Waals surface area contributed by atoms with E-state index in [1.807, 2.05) is 12.1 Å². The number of aryl methyl sites for hydroxylation is 1. The van der Waals surface area contributed by atoms with E-state index in [1.54, 1.807) is 24.4 Å². The monoisotopic (exact) mass is 640 g/mol. The van der Waals surface area contributed by atoms with Gasteiger partial charge in [-0.2, -0.15) is 13.2 Å². The van der Waals surface area contributed by atoms with Crippen molar-refractivity contribution in [3.05, 3.63) is 88.2 Å². The number of aliphatic carboxylic acids is 1. The quantitative estimate of drug-likeness (QED) is 0.244. The Morgan fingerprint density at radius 2 is 1.91 bits per heavy atom. The van der Waals surface area contributed by atoms with Gasteiger partial charge in [0.2, 0.25) is 0 Å². The Kier molecular flexibility index (Phi) is 8.81. The number of aromatic nitrogens is 1. The van der Waals surface area contributed by atoms with E-state index in [9.17, 15) is 23.1 Å². The third-order valence-electron chi connectivity index (χ3n) is 10.5. The van der Waals surface area contributed by atoms with Gasteiger partial charge < -0.3 is 15.2 Å². The van der Waals surface area contributed by atoms with E-state index in [4.69, 9.17) is 16.3 Å². The van der Waals surface area contributed by atoms with Gasteiger partial charge >= 0.3 is 12.1 Å². The highest BCUT2D eigenvalue weighted by Crippen LogP contribution is 2.56. The minimum Gasteiger partial charge on any atom is -0.493 e. The molecule has 0 radical (unpaired) electrons. The highest BCUT2D eigenvalue weighted by atomic mass is 35.5. The van der Waals surface area contributed by atoms with Crippen molar-refractivity contribution in [1.82, 2.24) is 4.98 Å². The van der Waals surface area contributed by atoms with Crippen molar-refractivity contribution in [1.29, 1.82) is 0 Å². The van der Waals surface area contributed by atoms with E-state index in [0.717, 1.165) is 31.4 Å². The van der Waals surface area contributed by atoms with Gasteiger partial charge in [0, 0.05) is 28.2 Å². The minimum atomic E-state index is -4.24. The Morgan fingerprint density at radius 3 is 2.64 bits per heavy atom. The summed E-state index contributed by atoms with van der Waals surface area (Å²) in [4.78, 5) is 17.1. The molecule has 9 heteroatoms. The number of ether oxygens (including phenoxy) is 1. The molecule has 45 heavy (non-hydrogen) atoms. The number of halogens is 4. The number of pyridine rings is 1.